The van der Waals surface area contributed by atoms with Crippen LogP contribution in [0.1, 0.15) is 23.0 Å². The fourth-order valence-electron chi connectivity index (χ4n) is 1.80. The van der Waals surface area contributed by atoms with E-state index in [9.17, 15) is 9.18 Å². The predicted octanol–water partition coefficient (Wildman–Crippen LogP) is 3.51. The Morgan fingerprint density at radius 3 is 2.89 bits per heavy atom. The summed E-state index contributed by atoms with van der Waals surface area (Å²) < 4.78 is 20.4. The minimum atomic E-state index is -0.465. The number of carbonyl (C=O) groups is 1. The first-order valence-electron chi connectivity index (χ1n) is 5.88. The number of halogens is 2. The molecule has 100 valence electrons. The van der Waals surface area contributed by atoms with Crippen LogP contribution in [-0.2, 0) is 11.3 Å². The lowest BCUT2D eigenvalue weighted by Crippen LogP contribution is -2.13. The molecule has 1 heterocycles. The summed E-state index contributed by atoms with van der Waals surface area (Å²) in [6.45, 7) is 2.27. The van der Waals surface area contributed by atoms with Gasteiger partial charge >= 0.3 is 5.97 Å². The van der Waals surface area contributed by atoms with Crippen LogP contribution in [0.3, 0.4) is 0 Å². The first-order valence-corrected chi connectivity index (χ1v) is 6.26. The van der Waals surface area contributed by atoms with Crippen LogP contribution in [0.5, 0.6) is 0 Å². The maximum Gasteiger partial charge on any atom is 0.354 e. The summed E-state index contributed by atoms with van der Waals surface area (Å²) in [7, 11) is 0. The van der Waals surface area contributed by atoms with E-state index in [4.69, 9.17) is 16.3 Å². The molecule has 1 aromatic heterocycles. The quantitative estimate of drug-likeness (QED) is 0.803. The van der Waals surface area contributed by atoms with Crippen molar-refractivity contribution in [2.45, 2.75) is 13.5 Å². The molecule has 0 unspecified atom stereocenters. The summed E-state index contributed by atoms with van der Waals surface area (Å²) in [6.07, 6.45) is 1.70. The van der Waals surface area contributed by atoms with Gasteiger partial charge in [-0.2, -0.15) is 0 Å². The molecular formula is C14H13ClFNO2. The molecule has 5 heteroatoms. The van der Waals surface area contributed by atoms with Crippen molar-refractivity contribution < 1.29 is 13.9 Å². The molecule has 1 aromatic carbocycles. The van der Waals surface area contributed by atoms with Gasteiger partial charge in [0.25, 0.3) is 0 Å². The zero-order valence-electron chi connectivity index (χ0n) is 10.4. The van der Waals surface area contributed by atoms with Gasteiger partial charge in [0, 0.05) is 11.8 Å². The first-order chi connectivity index (χ1) is 9.13. The molecule has 2 aromatic rings. The van der Waals surface area contributed by atoms with Gasteiger partial charge in [0.1, 0.15) is 11.5 Å². The summed E-state index contributed by atoms with van der Waals surface area (Å²) in [5, 5.41) is 0.0716. The van der Waals surface area contributed by atoms with Gasteiger partial charge in [-0.05, 0) is 25.1 Å². The standard InChI is InChI=1S/C14H13ClFNO2/c1-2-19-14(18)12-7-4-8-17(12)9-10-5-3-6-11(15)13(10)16/h3-8H,2,9H2,1H3. The van der Waals surface area contributed by atoms with Crippen LogP contribution in [0.15, 0.2) is 36.5 Å². The summed E-state index contributed by atoms with van der Waals surface area (Å²) in [4.78, 5) is 11.7. The van der Waals surface area contributed by atoms with Crippen LogP contribution in [-0.4, -0.2) is 17.1 Å². The summed E-state index contributed by atoms with van der Waals surface area (Å²) in [5.74, 6) is -0.886. The Morgan fingerprint density at radius 1 is 1.37 bits per heavy atom. The topological polar surface area (TPSA) is 31.2 Å². The van der Waals surface area contributed by atoms with E-state index in [0.29, 0.717) is 17.9 Å². The highest BCUT2D eigenvalue weighted by Gasteiger charge is 2.13. The second kappa shape index (κ2) is 5.89. The molecule has 0 fully saturated rings. The van der Waals surface area contributed by atoms with Crippen LogP contribution in [0, 0.1) is 5.82 Å². The average molecular weight is 282 g/mol. The van der Waals surface area contributed by atoms with Crippen molar-refractivity contribution in [2.75, 3.05) is 6.61 Å². The zero-order chi connectivity index (χ0) is 13.8. The highest BCUT2D eigenvalue weighted by Crippen LogP contribution is 2.19. The Labute approximate surface area is 115 Å². The lowest BCUT2D eigenvalue weighted by Gasteiger charge is -2.10. The van der Waals surface area contributed by atoms with Gasteiger partial charge in [0.15, 0.2) is 0 Å². The van der Waals surface area contributed by atoms with Crippen molar-refractivity contribution in [3.05, 3.63) is 58.6 Å². The normalized spacial score (nSPS) is 10.5. The fourth-order valence-corrected chi connectivity index (χ4v) is 1.99. The lowest BCUT2D eigenvalue weighted by atomic mass is 10.2. The molecule has 0 radical (unpaired) electrons. The third-order valence-corrected chi connectivity index (χ3v) is 2.98. The molecule has 0 aliphatic heterocycles. The van der Waals surface area contributed by atoms with E-state index in [1.165, 1.54) is 6.07 Å². The number of hydrogen-bond acceptors (Lipinski definition) is 2. The lowest BCUT2D eigenvalue weighted by molar-refractivity contribution is 0.0514. The van der Waals surface area contributed by atoms with Gasteiger partial charge in [0.05, 0.1) is 18.2 Å². The van der Waals surface area contributed by atoms with Gasteiger partial charge in [-0.1, -0.05) is 23.7 Å². The Morgan fingerprint density at radius 2 is 2.16 bits per heavy atom. The van der Waals surface area contributed by atoms with E-state index in [0.717, 1.165) is 0 Å². The minimum Gasteiger partial charge on any atom is -0.461 e. The number of ether oxygens (including phenoxy) is 1. The smallest absolute Gasteiger partial charge is 0.354 e. The Kier molecular flexibility index (Phi) is 4.22. The highest BCUT2D eigenvalue weighted by molar-refractivity contribution is 6.30. The third-order valence-electron chi connectivity index (χ3n) is 2.69. The molecular weight excluding hydrogens is 269 g/mol. The van der Waals surface area contributed by atoms with Crippen molar-refractivity contribution in [2.24, 2.45) is 0 Å². The Hall–Kier alpha value is -1.81. The number of esters is 1. The molecule has 3 nitrogen and oxygen atoms in total. The molecule has 0 aliphatic rings. The molecule has 0 bridgehead atoms. The van der Waals surface area contributed by atoms with E-state index in [1.54, 1.807) is 42.0 Å². The number of rotatable bonds is 4. The number of aromatic nitrogens is 1. The second-order valence-corrected chi connectivity index (χ2v) is 4.36. The number of nitrogens with zero attached hydrogens (tertiary/aromatic N) is 1. The molecule has 0 spiro atoms. The van der Waals surface area contributed by atoms with Crippen LogP contribution < -0.4 is 0 Å². The maximum atomic E-state index is 13.8. The largest absolute Gasteiger partial charge is 0.461 e. The maximum absolute atomic E-state index is 13.8. The number of carbonyl (C=O) groups excluding carboxylic acids is 1. The Bertz CT molecular complexity index is 595. The summed E-state index contributed by atoms with van der Waals surface area (Å²) >= 11 is 5.73. The fraction of sp³-hybridized carbons (Fsp3) is 0.214. The minimum absolute atomic E-state index is 0.0716. The van der Waals surface area contributed by atoms with Gasteiger partial charge in [-0.3, -0.25) is 0 Å². The molecule has 2 rings (SSSR count). The van der Waals surface area contributed by atoms with Crippen molar-refractivity contribution in [1.82, 2.24) is 4.57 Å². The molecule has 0 saturated heterocycles. The van der Waals surface area contributed by atoms with Crippen LogP contribution in [0.25, 0.3) is 0 Å². The van der Waals surface area contributed by atoms with Crippen molar-refractivity contribution in [3.63, 3.8) is 0 Å². The zero-order valence-corrected chi connectivity index (χ0v) is 11.2. The van der Waals surface area contributed by atoms with Crippen molar-refractivity contribution in [3.8, 4) is 0 Å². The first kappa shape index (κ1) is 13.6. The van der Waals surface area contributed by atoms with Crippen molar-refractivity contribution in [1.29, 1.82) is 0 Å². The third kappa shape index (κ3) is 2.96. The van der Waals surface area contributed by atoms with E-state index < -0.39 is 11.8 Å². The number of hydrogen-bond donors (Lipinski definition) is 0. The molecule has 0 saturated carbocycles. The SMILES string of the molecule is CCOC(=O)c1cccn1Cc1cccc(Cl)c1F. The van der Waals surface area contributed by atoms with E-state index in [-0.39, 0.29) is 11.6 Å². The average Bonchev–Trinajstić information content (AvgIpc) is 2.83. The Balaban J connectivity index is 2.27. The van der Waals surface area contributed by atoms with Gasteiger partial charge in [0.2, 0.25) is 0 Å². The van der Waals surface area contributed by atoms with E-state index in [1.807, 2.05) is 0 Å². The van der Waals surface area contributed by atoms with Crippen LogP contribution in [0.4, 0.5) is 4.39 Å². The highest BCUT2D eigenvalue weighted by atomic mass is 35.5. The van der Waals surface area contributed by atoms with Crippen molar-refractivity contribution >= 4 is 17.6 Å². The van der Waals surface area contributed by atoms with Crippen LogP contribution in [0.2, 0.25) is 5.02 Å². The van der Waals surface area contributed by atoms with Gasteiger partial charge < -0.3 is 9.30 Å². The van der Waals surface area contributed by atoms with Crippen LogP contribution >= 0.6 is 11.6 Å². The predicted molar refractivity (Wildman–Crippen MR) is 70.9 cm³/mol. The second-order valence-electron chi connectivity index (χ2n) is 3.95. The monoisotopic (exact) mass is 281 g/mol. The van der Waals surface area contributed by atoms with Gasteiger partial charge in [-0.15, -0.1) is 0 Å². The molecule has 0 amide bonds. The molecule has 0 atom stereocenters. The summed E-state index contributed by atoms with van der Waals surface area (Å²) in [6, 6.07) is 8.15. The van der Waals surface area contributed by atoms with Gasteiger partial charge in [-0.25, -0.2) is 9.18 Å². The van der Waals surface area contributed by atoms with E-state index in [2.05, 4.69) is 0 Å². The molecule has 19 heavy (non-hydrogen) atoms. The summed E-state index contributed by atoms with van der Waals surface area (Å²) in [5.41, 5.74) is 0.815. The van der Waals surface area contributed by atoms with E-state index >= 15 is 0 Å². The molecule has 0 aliphatic carbocycles. The molecule has 0 N–H and O–H groups in total. The number of benzene rings is 1.